The fraction of sp³-hybridized carbons (Fsp3) is 0.214. The van der Waals surface area contributed by atoms with Crippen molar-refractivity contribution in [3.8, 4) is 12.1 Å². The van der Waals surface area contributed by atoms with Crippen molar-refractivity contribution in [2.75, 3.05) is 0 Å². The second-order valence-electron chi connectivity index (χ2n) is 3.97. The van der Waals surface area contributed by atoms with E-state index in [1.54, 1.807) is 0 Å². The van der Waals surface area contributed by atoms with Gasteiger partial charge in [-0.3, -0.25) is 4.99 Å². The summed E-state index contributed by atoms with van der Waals surface area (Å²) in [4.78, 5) is 4.53. The van der Waals surface area contributed by atoms with Crippen LogP contribution in [-0.4, -0.2) is 6.04 Å². The lowest BCUT2D eigenvalue weighted by Gasteiger charge is -2.16. The topological polar surface area (TPSA) is 59.9 Å². The Kier molecular flexibility index (Phi) is 3.03. The van der Waals surface area contributed by atoms with Crippen molar-refractivity contribution >= 4 is 6.08 Å². The average Bonchev–Trinajstić information content (AvgIpc) is 2.36. The first kappa shape index (κ1) is 11.1. The Morgan fingerprint density at radius 2 is 2.00 bits per heavy atom. The molecule has 0 aliphatic carbocycles. The van der Waals surface area contributed by atoms with Crippen molar-refractivity contribution in [1.29, 1.82) is 10.5 Å². The minimum Gasteiger partial charge on any atom is -0.277 e. The monoisotopic (exact) mass is 221 g/mol. The number of nitrogens with zero attached hydrogens (tertiary/aromatic N) is 3. The molecule has 0 aromatic heterocycles. The molecule has 0 amide bonds. The zero-order valence-electron chi connectivity index (χ0n) is 9.30. The molecule has 1 aromatic rings. The summed E-state index contributed by atoms with van der Waals surface area (Å²) >= 11 is 0. The third kappa shape index (κ3) is 2.24. The number of hydrogen-bond acceptors (Lipinski definition) is 3. The number of nitriles is 2. The van der Waals surface area contributed by atoms with Gasteiger partial charge in [-0.25, -0.2) is 0 Å². The first-order valence-corrected chi connectivity index (χ1v) is 5.37. The molecule has 3 heteroatoms. The van der Waals surface area contributed by atoms with Crippen molar-refractivity contribution < 1.29 is 0 Å². The van der Waals surface area contributed by atoms with Crippen LogP contribution in [0.2, 0.25) is 0 Å². The van der Waals surface area contributed by atoms with Crippen LogP contribution < -0.4 is 10.6 Å². The van der Waals surface area contributed by atoms with Gasteiger partial charge in [0.2, 0.25) is 0 Å². The van der Waals surface area contributed by atoms with Gasteiger partial charge in [-0.05, 0) is 17.7 Å². The van der Waals surface area contributed by atoms with E-state index in [-0.39, 0.29) is 6.04 Å². The van der Waals surface area contributed by atoms with Gasteiger partial charge in [-0.1, -0.05) is 24.8 Å². The molecule has 0 bridgehead atoms. The molecule has 0 radical (unpaired) electrons. The maximum atomic E-state index is 8.78. The molecular weight excluding hydrogens is 210 g/mol. The lowest BCUT2D eigenvalue weighted by Crippen LogP contribution is -2.32. The Bertz CT molecular complexity index is 629. The van der Waals surface area contributed by atoms with Crippen LogP contribution in [0, 0.1) is 28.6 Å². The third-order valence-electron chi connectivity index (χ3n) is 2.77. The van der Waals surface area contributed by atoms with Gasteiger partial charge >= 0.3 is 0 Å². The Labute approximate surface area is 99.6 Å². The fourth-order valence-electron chi connectivity index (χ4n) is 1.84. The molecule has 1 aliphatic rings. The molecule has 1 heterocycles. The molecule has 1 aromatic carbocycles. The van der Waals surface area contributed by atoms with E-state index < -0.39 is 5.92 Å². The van der Waals surface area contributed by atoms with Gasteiger partial charge in [-0.15, -0.1) is 0 Å². The smallest absolute Gasteiger partial charge is 0.135 e. The lowest BCUT2D eigenvalue weighted by atomic mass is 9.95. The van der Waals surface area contributed by atoms with Crippen molar-refractivity contribution in [3.63, 3.8) is 0 Å². The predicted octanol–water partition coefficient (Wildman–Crippen LogP) is 1.08. The van der Waals surface area contributed by atoms with Crippen molar-refractivity contribution in [2.24, 2.45) is 10.9 Å². The van der Waals surface area contributed by atoms with Crippen LogP contribution in [0.3, 0.4) is 0 Å². The van der Waals surface area contributed by atoms with Gasteiger partial charge in [-0.2, -0.15) is 10.5 Å². The van der Waals surface area contributed by atoms with Gasteiger partial charge in [0.15, 0.2) is 0 Å². The number of benzene rings is 1. The van der Waals surface area contributed by atoms with Crippen LogP contribution in [0.1, 0.15) is 6.42 Å². The highest BCUT2D eigenvalue weighted by Crippen LogP contribution is 2.16. The van der Waals surface area contributed by atoms with Crippen molar-refractivity contribution in [2.45, 2.75) is 12.5 Å². The highest BCUT2D eigenvalue weighted by Gasteiger charge is 2.18. The van der Waals surface area contributed by atoms with Gasteiger partial charge in [0.25, 0.3) is 0 Å². The third-order valence-corrected chi connectivity index (χ3v) is 2.77. The summed E-state index contributed by atoms with van der Waals surface area (Å²) in [6, 6.07) is 11.6. The Hall–Kier alpha value is -2.39. The van der Waals surface area contributed by atoms with E-state index in [1.165, 1.54) is 0 Å². The molecular formula is C14H11N3. The van der Waals surface area contributed by atoms with E-state index in [1.807, 2.05) is 42.5 Å². The second-order valence-corrected chi connectivity index (χ2v) is 3.97. The summed E-state index contributed by atoms with van der Waals surface area (Å²) in [5, 5.41) is 19.5. The normalized spacial score (nSPS) is 17.4. The van der Waals surface area contributed by atoms with Gasteiger partial charge in [0.05, 0.1) is 23.5 Å². The SMILES string of the molecule is C=C1C=c2ccccc2=NC1CC(C#N)C#N. The molecule has 0 saturated heterocycles. The van der Waals surface area contributed by atoms with Gasteiger partial charge in [0.1, 0.15) is 5.92 Å². The molecule has 1 atom stereocenters. The van der Waals surface area contributed by atoms with Crippen LogP contribution in [-0.2, 0) is 0 Å². The number of hydrogen-bond donors (Lipinski definition) is 0. The molecule has 0 N–H and O–H groups in total. The highest BCUT2D eigenvalue weighted by molar-refractivity contribution is 5.49. The van der Waals surface area contributed by atoms with E-state index in [4.69, 9.17) is 10.5 Å². The number of para-hydroxylation sites is 1. The first-order chi connectivity index (χ1) is 8.24. The Morgan fingerprint density at radius 3 is 2.71 bits per heavy atom. The quantitative estimate of drug-likeness (QED) is 0.750. The first-order valence-electron chi connectivity index (χ1n) is 5.37. The summed E-state index contributed by atoms with van der Waals surface area (Å²) in [6.45, 7) is 3.95. The molecule has 1 aliphatic heterocycles. The lowest BCUT2D eigenvalue weighted by molar-refractivity contribution is 0.633. The molecule has 2 rings (SSSR count). The second kappa shape index (κ2) is 4.63. The molecule has 17 heavy (non-hydrogen) atoms. The summed E-state index contributed by atoms with van der Waals surface area (Å²) in [7, 11) is 0. The van der Waals surface area contributed by atoms with Crippen LogP contribution in [0.15, 0.2) is 41.4 Å². The molecule has 82 valence electrons. The Morgan fingerprint density at radius 1 is 1.29 bits per heavy atom. The molecule has 1 unspecified atom stereocenters. The largest absolute Gasteiger partial charge is 0.277 e. The van der Waals surface area contributed by atoms with Crippen molar-refractivity contribution in [1.82, 2.24) is 0 Å². The summed E-state index contributed by atoms with van der Waals surface area (Å²) in [6.07, 6.45) is 2.38. The maximum absolute atomic E-state index is 8.78. The van der Waals surface area contributed by atoms with Crippen LogP contribution in [0.4, 0.5) is 0 Å². The highest BCUT2D eigenvalue weighted by atomic mass is 14.8. The zero-order chi connectivity index (χ0) is 12.3. The fourth-order valence-corrected chi connectivity index (χ4v) is 1.84. The maximum Gasteiger partial charge on any atom is 0.135 e. The van der Waals surface area contributed by atoms with E-state index in [2.05, 4.69) is 11.6 Å². The predicted molar refractivity (Wildman–Crippen MR) is 63.9 cm³/mol. The summed E-state index contributed by atoms with van der Waals surface area (Å²) in [5.41, 5.74) is 0.860. The van der Waals surface area contributed by atoms with Crippen LogP contribution in [0.5, 0.6) is 0 Å². The van der Waals surface area contributed by atoms with Crippen LogP contribution in [0.25, 0.3) is 6.08 Å². The molecule has 0 saturated carbocycles. The molecule has 0 spiro atoms. The zero-order valence-corrected chi connectivity index (χ0v) is 9.30. The minimum absolute atomic E-state index is 0.158. The average molecular weight is 221 g/mol. The van der Waals surface area contributed by atoms with Crippen LogP contribution >= 0.6 is 0 Å². The Balaban J connectivity index is 2.36. The number of rotatable bonds is 2. The summed E-state index contributed by atoms with van der Waals surface area (Å²) in [5.74, 6) is -0.626. The van der Waals surface area contributed by atoms with Gasteiger partial charge < -0.3 is 0 Å². The van der Waals surface area contributed by atoms with E-state index in [0.29, 0.717) is 6.42 Å². The standard InChI is InChI=1S/C14H11N3/c1-10-6-12-4-2-3-5-13(12)17-14(10)7-11(8-15)9-16/h2-6,11,14H,1,7H2. The van der Waals surface area contributed by atoms with E-state index in [9.17, 15) is 0 Å². The van der Waals surface area contributed by atoms with E-state index in [0.717, 1.165) is 16.1 Å². The minimum atomic E-state index is -0.626. The summed E-state index contributed by atoms with van der Waals surface area (Å²) < 4.78 is 0. The van der Waals surface area contributed by atoms with Crippen molar-refractivity contribution in [3.05, 3.63) is 47.0 Å². The molecule has 0 fully saturated rings. The number of fused-ring (bicyclic) bond motifs is 1. The molecule has 3 nitrogen and oxygen atoms in total. The van der Waals surface area contributed by atoms with Gasteiger partial charge in [0, 0.05) is 11.6 Å². The van der Waals surface area contributed by atoms with E-state index >= 15 is 0 Å².